The first kappa shape index (κ1) is 25.7. The molecule has 3 rings (SSSR count). The maximum atomic E-state index is 12.8. The lowest BCUT2D eigenvalue weighted by Crippen LogP contribution is -2.54. The summed E-state index contributed by atoms with van der Waals surface area (Å²) in [6.45, 7) is 0.182. The molecule has 0 saturated carbocycles. The number of unbranched alkanes of at least 4 members (excludes halogenated alkanes) is 1. The van der Waals surface area contributed by atoms with E-state index < -0.39 is 30.1 Å². The summed E-state index contributed by atoms with van der Waals surface area (Å²) in [5.41, 5.74) is 4.34. The van der Waals surface area contributed by atoms with E-state index in [4.69, 9.17) is 10.00 Å². The van der Waals surface area contributed by atoms with Gasteiger partial charge in [-0.05, 0) is 49.2 Å². The third-order valence-corrected chi connectivity index (χ3v) is 5.90. The van der Waals surface area contributed by atoms with Crippen LogP contribution >= 0.6 is 0 Å². The van der Waals surface area contributed by atoms with E-state index in [1.54, 1.807) is 19.0 Å². The first-order valence-corrected chi connectivity index (χ1v) is 11.5. The van der Waals surface area contributed by atoms with E-state index in [0.29, 0.717) is 6.42 Å². The van der Waals surface area contributed by atoms with Crippen LogP contribution in [0.25, 0.3) is 11.1 Å². The van der Waals surface area contributed by atoms with Gasteiger partial charge in [-0.3, -0.25) is 4.79 Å². The molecule has 9 nitrogen and oxygen atoms in total. The van der Waals surface area contributed by atoms with Crippen molar-refractivity contribution in [2.45, 2.75) is 37.3 Å². The summed E-state index contributed by atoms with van der Waals surface area (Å²) in [6, 6.07) is 15.8. The number of carbonyl (C=O) groups is 3. The molecule has 0 bridgehead atoms. The standard InChI is InChI=1S/C26H30N4O5/c1-30(2)15-23(25(32)33)28-24(31)22(13-7-8-14-27)29-26(34)35-16-21-19-11-5-3-9-17(19)18-10-4-6-12-20(18)21/h3-6,9-12,21-23H,7-8,13,15-16H2,1-2H3,(H,28,31)(H,29,34)(H,32,33)/t22?,23-/m0/s1. The fraction of sp³-hybridized carbons (Fsp3) is 0.385. The highest BCUT2D eigenvalue weighted by molar-refractivity contribution is 5.89. The lowest BCUT2D eigenvalue weighted by Gasteiger charge is -2.23. The number of hydrogen-bond donors (Lipinski definition) is 3. The molecule has 0 aromatic heterocycles. The number of carboxylic acid groups (broad SMARTS) is 1. The van der Waals surface area contributed by atoms with Gasteiger partial charge in [0.2, 0.25) is 5.91 Å². The number of fused-ring (bicyclic) bond motifs is 3. The summed E-state index contributed by atoms with van der Waals surface area (Å²) in [6.07, 6.45) is -0.0268. The second-order valence-corrected chi connectivity index (χ2v) is 8.73. The minimum Gasteiger partial charge on any atom is -0.480 e. The number of likely N-dealkylation sites (N-methyl/N-ethyl adjacent to an activating group) is 1. The molecule has 0 fully saturated rings. The average molecular weight is 479 g/mol. The number of ether oxygens (including phenoxy) is 1. The molecule has 0 saturated heterocycles. The normalized spacial score (nSPS) is 13.8. The van der Waals surface area contributed by atoms with E-state index >= 15 is 0 Å². The third kappa shape index (κ3) is 6.58. The molecule has 0 aliphatic heterocycles. The Bertz CT molecular complexity index is 1070. The number of benzene rings is 2. The van der Waals surface area contributed by atoms with Gasteiger partial charge in [-0.1, -0.05) is 48.5 Å². The molecule has 1 aliphatic carbocycles. The number of carboxylic acids is 1. The molecule has 2 aromatic rings. The highest BCUT2D eigenvalue weighted by Crippen LogP contribution is 2.44. The van der Waals surface area contributed by atoms with Crippen molar-refractivity contribution in [3.8, 4) is 17.2 Å². The number of hydrogen-bond acceptors (Lipinski definition) is 6. The molecule has 9 heteroatoms. The Balaban J connectivity index is 1.66. The van der Waals surface area contributed by atoms with Gasteiger partial charge in [-0.15, -0.1) is 0 Å². The average Bonchev–Trinajstić information content (AvgIpc) is 3.15. The topological polar surface area (TPSA) is 132 Å². The molecule has 1 aliphatic rings. The number of alkyl carbamates (subject to hydrolysis) is 1. The quantitative estimate of drug-likeness (QED) is 0.423. The molecule has 0 spiro atoms. The van der Waals surface area contributed by atoms with Crippen LogP contribution in [-0.4, -0.2) is 67.3 Å². The van der Waals surface area contributed by atoms with Crippen molar-refractivity contribution in [2.24, 2.45) is 0 Å². The SMILES string of the molecule is CN(C)C[C@H](NC(=O)C(CCCC#N)NC(=O)OCC1c2ccccc2-c2ccccc21)C(=O)O. The van der Waals surface area contributed by atoms with Crippen LogP contribution in [0, 0.1) is 11.3 Å². The Morgan fingerprint density at radius 2 is 1.63 bits per heavy atom. The zero-order valence-electron chi connectivity index (χ0n) is 19.9. The van der Waals surface area contributed by atoms with E-state index in [1.807, 2.05) is 54.6 Å². The monoisotopic (exact) mass is 478 g/mol. The molecule has 3 N–H and O–H groups in total. The van der Waals surface area contributed by atoms with Crippen LogP contribution in [0.15, 0.2) is 48.5 Å². The van der Waals surface area contributed by atoms with E-state index in [-0.39, 0.29) is 31.9 Å². The van der Waals surface area contributed by atoms with Gasteiger partial charge in [0, 0.05) is 18.9 Å². The van der Waals surface area contributed by atoms with Crippen molar-refractivity contribution in [3.63, 3.8) is 0 Å². The van der Waals surface area contributed by atoms with Crippen LogP contribution in [0.1, 0.15) is 36.3 Å². The Labute approximate surface area is 204 Å². The van der Waals surface area contributed by atoms with Crippen LogP contribution in [0.4, 0.5) is 4.79 Å². The fourth-order valence-electron chi connectivity index (χ4n) is 4.26. The summed E-state index contributed by atoms with van der Waals surface area (Å²) < 4.78 is 5.52. The van der Waals surface area contributed by atoms with Crippen molar-refractivity contribution in [1.29, 1.82) is 5.26 Å². The van der Waals surface area contributed by atoms with Gasteiger partial charge in [0.15, 0.2) is 0 Å². The van der Waals surface area contributed by atoms with Crippen LogP contribution in [0.2, 0.25) is 0 Å². The first-order chi connectivity index (χ1) is 16.8. The molecular formula is C26H30N4O5. The fourth-order valence-corrected chi connectivity index (χ4v) is 4.26. The Kier molecular flexibility index (Phi) is 8.81. The van der Waals surface area contributed by atoms with Crippen molar-refractivity contribution in [3.05, 3.63) is 59.7 Å². The van der Waals surface area contributed by atoms with Crippen LogP contribution in [0.3, 0.4) is 0 Å². The summed E-state index contributed by atoms with van der Waals surface area (Å²) in [4.78, 5) is 38.6. The molecule has 35 heavy (non-hydrogen) atoms. The number of nitrogens with one attached hydrogen (secondary N) is 2. The highest BCUT2D eigenvalue weighted by atomic mass is 16.5. The molecule has 1 unspecified atom stereocenters. The molecule has 0 radical (unpaired) electrons. The second kappa shape index (κ2) is 12.0. The predicted molar refractivity (Wildman–Crippen MR) is 130 cm³/mol. The van der Waals surface area contributed by atoms with E-state index in [1.165, 1.54) is 0 Å². The third-order valence-electron chi connectivity index (χ3n) is 5.90. The highest BCUT2D eigenvalue weighted by Gasteiger charge is 2.30. The first-order valence-electron chi connectivity index (χ1n) is 11.5. The lowest BCUT2D eigenvalue weighted by molar-refractivity contribution is -0.142. The van der Waals surface area contributed by atoms with E-state index in [0.717, 1.165) is 22.3 Å². The van der Waals surface area contributed by atoms with Crippen molar-refractivity contribution in [2.75, 3.05) is 27.2 Å². The number of aliphatic carboxylic acids is 1. The number of nitrogens with zero attached hydrogens (tertiary/aromatic N) is 2. The smallest absolute Gasteiger partial charge is 0.407 e. The zero-order valence-corrected chi connectivity index (χ0v) is 19.9. The zero-order chi connectivity index (χ0) is 25.4. The van der Waals surface area contributed by atoms with Crippen LogP contribution in [0.5, 0.6) is 0 Å². The number of carbonyl (C=O) groups excluding carboxylic acids is 2. The van der Waals surface area contributed by atoms with Gasteiger partial charge in [-0.25, -0.2) is 9.59 Å². The van der Waals surface area contributed by atoms with Crippen LogP contribution < -0.4 is 10.6 Å². The predicted octanol–water partition coefficient (Wildman–Crippen LogP) is 2.72. The minimum atomic E-state index is -1.18. The van der Waals surface area contributed by atoms with E-state index in [2.05, 4.69) is 10.6 Å². The van der Waals surface area contributed by atoms with Crippen molar-refractivity contribution in [1.82, 2.24) is 15.5 Å². The number of nitriles is 1. The molecule has 2 amide bonds. The van der Waals surface area contributed by atoms with Gasteiger partial charge in [0.25, 0.3) is 0 Å². The van der Waals surface area contributed by atoms with Gasteiger partial charge >= 0.3 is 12.1 Å². The maximum absolute atomic E-state index is 12.8. The van der Waals surface area contributed by atoms with Crippen LogP contribution in [-0.2, 0) is 14.3 Å². The summed E-state index contributed by atoms with van der Waals surface area (Å²) in [5.74, 6) is -1.94. The Morgan fingerprint density at radius 3 is 2.17 bits per heavy atom. The summed E-state index contributed by atoms with van der Waals surface area (Å²) in [7, 11) is 3.39. The minimum absolute atomic E-state index is 0.0881. The Hall–Kier alpha value is -3.90. The van der Waals surface area contributed by atoms with Gasteiger partial charge < -0.3 is 25.4 Å². The second-order valence-electron chi connectivity index (χ2n) is 8.73. The molecule has 0 heterocycles. The van der Waals surface area contributed by atoms with E-state index in [9.17, 15) is 19.5 Å². The Morgan fingerprint density at radius 1 is 1.03 bits per heavy atom. The molecular weight excluding hydrogens is 448 g/mol. The number of rotatable bonds is 11. The van der Waals surface area contributed by atoms with Crippen molar-refractivity contribution < 1.29 is 24.2 Å². The summed E-state index contributed by atoms with van der Waals surface area (Å²) >= 11 is 0. The summed E-state index contributed by atoms with van der Waals surface area (Å²) in [5, 5.41) is 23.3. The number of amides is 2. The van der Waals surface area contributed by atoms with Gasteiger partial charge in [0.05, 0.1) is 6.07 Å². The van der Waals surface area contributed by atoms with Crippen molar-refractivity contribution >= 4 is 18.0 Å². The van der Waals surface area contributed by atoms with Gasteiger partial charge in [-0.2, -0.15) is 5.26 Å². The molecule has 184 valence electrons. The molecule has 2 aromatic carbocycles. The maximum Gasteiger partial charge on any atom is 0.407 e. The van der Waals surface area contributed by atoms with Gasteiger partial charge in [0.1, 0.15) is 18.7 Å². The lowest BCUT2D eigenvalue weighted by atomic mass is 9.98. The molecule has 2 atom stereocenters. The largest absolute Gasteiger partial charge is 0.480 e.